The number of carbonyl (C=O) groups excluding carboxylic acids is 1. The molecule has 0 bridgehead atoms. The van der Waals surface area contributed by atoms with Gasteiger partial charge in [0.05, 0.1) is 12.1 Å². The van der Waals surface area contributed by atoms with Crippen LogP contribution in [0.2, 0.25) is 0 Å². The number of nitrogens with zero attached hydrogens (tertiary/aromatic N) is 4. The average molecular weight is 316 g/mol. The lowest BCUT2D eigenvalue weighted by atomic mass is 10.1. The normalized spacial score (nSPS) is 25.5. The zero-order valence-electron chi connectivity index (χ0n) is 11.9. The summed E-state index contributed by atoms with van der Waals surface area (Å²) in [5.41, 5.74) is -0.975. The second kappa shape index (κ2) is 5.38. The van der Waals surface area contributed by atoms with Crippen LogP contribution < -0.4 is 4.90 Å². The Morgan fingerprint density at radius 3 is 2.82 bits per heavy atom. The van der Waals surface area contributed by atoms with Gasteiger partial charge in [-0.25, -0.2) is 9.97 Å². The summed E-state index contributed by atoms with van der Waals surface area (Å²) >= 11 is 0. The van der Waals surface area contributed by atoms with Gasteiger partial charge < -0.3 is 14.5 Å². The van der Waals surface area contributed by atoms with Crippen molar-refractivity contribution >= 4 is 11.7 Å². The molecule has 1 aromatic rings. The summed E-state index contributed by atoms with van der Waals surface area (Å²) in [4.78, 5) is 22.4. The molecule has 1 amide bonds. The van der Waals surface area contributed by atoms with Crippen LogP contribution in [0, 0.1) is 0 Å². The lowest BCUT2D eigenvalue weighted by Crippen LogP contribution is -2.53. The van der Waals surface area contributed by atoms with Crippen molar-refractivity contribution in [2.24, 2.45) is 0 Å². The van der Waals surface area contributed by atoms with Gasteiger partial charge >= 0.3 is 6.18 Å². The molecule has 3 heterocycles. The van der Waals surface area contributed by atoms with E-state index in [1.807, 2.05) is 6.92 Å². The topological polar surface area (TPSA) is 58.6 Å². The predicted octanol–water partition coefficient (Wildman–Crippen LogP) is 0.931. The van der Waals surface area contributed by atoms with Crippen molar-refractivity contribution in [3.05, 3.63) is 18.1 Å². The van der Waals surface area contributed by atoms with E-state index in [0.717, 1.165) is 12.4 Å². The first-order valence-corrected chi connectivity index (χ1v) is 6.95. The maximum atomic E-state index is 12.7. The van der Waals surface area contributed by atoms with E-state index in [-0.39, 0.29) is 30.5 Å². The average Bonchev–Trinajstić information content (AvgIpc) is 2.90. The van der Waals surface area contributed by atoms with Gasteiger partial charge in [0.1, 0.15) is 24.4 Å². The Morgan fingerprint density at radius 2 is 2.14 bits per heavy atom. The van der Waals surface area contributed by atoms with Crippen molar-refractivity contribution in [1.29, 1.82) is 0 Å². The number of amides is 1. The van der Waals surface area contributed by atoms with Crippen LogP contribution in [0.4, 0.5) is 19.0 Å². The van der Waals surface area contributed by atoms with Crippen LogP contribution in [0.25, 0.3) is 0 Å². The number of rotatable bonds is 2. The lowest BCUT2D eigenvalue weighted by molar-refractivity contribution is -0.152. The zero-order chi connectivity index (χ0) is 15.9. The molecule has 2 aliphatic rings. The summed E-state index contributed by atoms with van der Waals surface area (Å²) < 4.78 is 43.7. The summed E-state index contributed by atoms with van der Waals surface area (Å²) in [5, 5.41) is 0. The minimum atomic E-state index is -4.51. The van der Waals surface area contributed by atoms with Gasteiger partial charge in [-0.2, -0.15) is 13.2 Å². The highest BCUT2D eigenvalue weighted by molar-refractivity contribution is 5.79. The summed E-state index contributed by atoms with van der Waals surface area (Å²) in [6.45, 7) is 3.24. The third kappa shape index (κ3) is 2.60. The molecule has 2 fully saturated rings. The molecule has 9 heteroatoms. The highest BCUT2D eigenvalue weighted by Crippen LogP contribution is 2.31. The fourth-order valence-electron chi connectivity index (χ4n) is 2.94. The Balaban J connectivity index is 1.82. The Hall–Kier alpha value is -1.90. The first kappa shape index (κ1) is 15.0. The standard InChI is InChI=1S/C13H15F3N4O2/c1-2-20-8-4-19(5-9(8)22-6-12(20)21)11-3-10(13(14,15)16)17-7-18-11/h3,7-9H,2,4-6H2,1H3/t8-,9-/m1/s1. The van der Waals surface area contributed by atoms with Crippen LogP contribution in [0.3, 0.4) is 0 Å². The third-order valence-corrected chi connectivity index (χ3v) is 3.99. The minimum Gasteiger partial charge on any atom is -0.364 e. The Labute approximate surface area is 124 Å². The number of alkyl halides is 3. The first-order chi connectivity index (χ1) is 10.4. The van der Waals surface area contributed by atoms with E-state index in [9.17, 15) is 18.0 Å². The summed E-state index contributed by atoms with van der Waals surface area (Å²) in [7, 11) is 0. The van der Waals surface area contributed by atoms with Gasteiger partial charge in [0, 0.05) is 25.7 Å². The summed E-state index contributed by atoms with van der Waals surface area (Å²) in [6, 6.07) is 0.769. The summed E-state index contributed by atoms with van der Waals surface area (Å²) in [5.74, 6) is 0.105. The molecule has 120 valence electrons. The molecule has 0 unspecified atom stereocenters. The maximum Gasteiger partial charge on any atom is 0.433 e. The molecule has 2 atom stereocenters. The number of carbonyl (C=O) groups is 1. The fraction of sp³-hybridized carbons (Fsp3) is 0.615. The van der Waals surface area contributed by atoms with Gasteiger partial charge in [-0.3, -0.25) is 4.79 Å². The SMILES string of the molecule is CCN1C(=O)CO[C@@H]2CN(c3cc(C(F)(F)F)ncn3)C[C@H]21. The van der Waals surface area contributed by atoms with Gasteiger partial charge in [0.2, 0.25) is 5.91 Å². The second-order valence-electron chi connectivity index (χ2n) is 5.26. The van der Waals surface area contributed by atoms with E-state index in [2.05, 4.69) is 9.97 Å². The number of anilines is 1. The molecule has 3 rings (SSSR count). The van der Waals surface area contributed by atoms with E-state index in [4.69, 9.17) is 4.74 Å². The number of ether oxygens (including phenoxy) is 1. The largest absolute Gasteiger partial charge is 0.433 e. The molecule has 2 saturated heterocycles. The van der Waals surface area contributed by atoms with E-state index in [0.29, 0.717) is 19.6 Å². The van der Waals surface area contributed by atoms with Gasteiger partial charge in [-0.1, -0.05) is 0 Å². The third-order valence-electron chi connectivity index (χ3n) is 3.99. The number of hydrogen-bond donors (Lipinski definition) is 0. The van der Waals surface area contributed by atoms with Crippen LogP contribution in [0.5, 0.6) is 0 Å². The zero-order valence-corrected chi connectivity index (χ0v) is 11.9. The highest BCUT2D eigenvalue weighted by atomic mass is 19.4. The number of aromatic nitrogens is 2. The number of hydrogen-bond acceptors (Lipinski definition) is 5. The maximum absolute atomic E-state index is 12.7. The van der Waals surface area contributed by atoms with Crippen molar-refractivity contribution in [3.8, 4) is 0 Å². The van der Waals surface area contributed by atoms with E-state index in [1.165, 1.54) is 0 Å². The van der Waals surface area contributed by atoms with Gasteiger partial charge in [0.15, 0.2) is 0 Å². The van der Waals surface area contributed by atoms with Crippen LogP contribution in [-0.4, -0.2) is 59.2 Å². The summed E-state index contributed by atoms with van der Waals surface area (Å²) in [6.07, 6.45) is -3.81. The van der Waals surface area contributed by atoms with Crippen molar-refractivity contribution in [2.75, 3.05) is 31.1 Å². The van der Waals surface area contributed by atoms with Crippen LogP contribution in [-0.2, 0) is 15.7 Å². The van der Waals surface area contributed by atoms with Crippen LogP contribution >= 0.6 is 0 Å². The molecular formula is C13H15F3N4O2. The number of halogens is 3. The van der Waals surface area contributed by atoms with E-state index in [1.54, 1.807) is 9.80 Å². The van der Waals surface area contributed by atoms with E-state index < -0.39 is 11.9 Å². The second-order valence-corrected chi connectivity index (χ2v) is 5.26. The molecule has 0 spiro atoms. The number of morpholine rings is 1. The van der Waals surface area contributed by atoms with Crippen molar-refractivity contribution < 1.29 is 22.7 Å². The van der Waals surface area contributed by atoms with Crippen molar-refractivity contribution in [3.63, 3.8) is 0 Å². The quantitative estimate of drug-likeness (QED) is 0.812. The molecule has 0 aromatic carbocycles. The lowest BCUT2D eigenvalue weighted by Gasteiger charge is -2.35. The van der Waals surface area contributed by atoms with Gasteiger partial charge in [-0.15, -0.1) is 0 Å². The monoisotopic (exact) mass is 316 g/mol. The highest BCUT2D eigenvalue weighted by Gasteiger charge is 2.43. The van der Waals surface area contributed by atoms with Gasteiger partial charge in [0.25, 0.3) is 0 Å². The molecule has 0 N–H and O–H groups in total. The molecule has 1 aromatic heterocycles. The number of likely N-dealkylation sites (N-methyl/N-ethyl adjacent to an activating group) is 1. The first-order valence-electron chi connectivity index (χ1n) is 6.95. The molecule has 6 nitrogen and oxygen atoms in total. The number of fused-ring (bicyclic) bond motifs is 1. The Kier molecular flexibility index (Phi) is 3.67. The Morgan fingerprint density at radius 1 is 1.36 bits per heavy atom. The minimum absolute atomic E-state index is 0.0143. The smallest absolute Gasteiger partial charge is 0.364 e. The molecule has 0 radical (unpaired) electrons. The predicted molar refractivity (Wildman–Crippen MR) is 70.2 cm³/mol. The van der Waals surface area contributed by atoms with Gasteiger partial charge in [-0.05, 0) is 6.92 Å². The molecule has 22 heavy (non-hydrogen) atoms. The molecule has 0 saturated carbocycles. The van der Waals surface area contributed by atoms with Crippen LogP contribution in [0.1, 0.15) is 12.6 Å². The molecular weight excluding hydrogens is 301 g/mol. The van der Waals surface area contributed by atoms with Crippen molar-refractivity contribution in [2.45, 2.75) is 25.2 Å². The Bertz CT molecular complexity index is 581. The van der Waals surface area contributed by atoms with Crippen LogP contribution in [0.15, 0.2) is 12.4 Å². The molecule has 2 aliphatic heterocycles. The van der Waals surface area contributed by atoms with Crippen molar-refractivity contribution in [1.82, 2.24) is 14.9 Å². The molecule has 0 aliphatic carbocycles. The fourth-order valence-corrected chi connectivity index (χ4v) is 2.94. The van der Waals surface area contributed by atoms with E-state index >= 15 is 0 Å².